The van der Waals surface area contributed by atoms with Crippen LogP contribution in [0.4, 0.5) is 0 Å². The molecule has 4 nitrogen and oxygen atoms in total. The highest BCUT2D eigenvalue weighted by Gasteiger charge is 2.29. The van der Waals surface area contributed by atoms with Crippen LogP contribution in [0.15, 0.2) is 12.4 Å². The molecule has 1 aliphatic rings. The molecular weight excluding hydrogens is 132 g/mol. The predicted molar refractivity (Wildman–Crippen MR) is 34.4 cm³/mol. The monoisotopic (exact) mass is 140 g/mol. The molecule has 10 heavy (non-hydrogen) atoms. The normalized spacial score (nSPS) is 18.2. The molecule has 0 atom stereocenters. The van der Waals surface area contributed by atoms with Crippen LogP contribution in [0, 0.1) is 0 Å². The Morgan fingerprint density at radius 2 is 1.80 bits per heavy atom. The Kier molecular flexibility index (Phi) is 1.45. The number of carbonyl (C=O) groups excluding carboxylic acids is 2. The van der Waals surface area contributed by atoms with Crippen LogP contribution in [0.3, 0.4) is 0 Å². The van der Waals surface area contributed by atoms with E-state index in [0.29, 0.717) is 0 Å². The molecule has 1 rings (SSSR count). The van der Waals surface area contributed by atoms with Gasteiger partial charge in [-0.25, -0.2) is 4.90 Å². The Bertz CT molecular complexity index is 194. The number of rotatable bonds is 1. The SMILES string of the molecule is C=C(N)N1C(=O)CCC1=O. The van der Waals surface area contributed by atoms with Gasteiger partial charge in [-0.2, -0.15) is 0 Å². The van der Waals surface area contributed by atoms with Crippen molar-refractivity contribution >= 4 is 11.8 Å². The van der Waals surface area contributed by atoms with Crippen LogP contribution in [-0.4, -0.2) is 16.7 Å². The molecule has 4 heteroatoms. The maximum absolute atomic E-state index is 10.8. The second kappa shape index (κ2) is 2.13. The van der Waals surface area contributed by atoms with Crippen LogP contribution in [0.1, 0.15) is 12.8 Å². The average Bonchev–Trinajstić information content (AvgIpc) is 2.11. The molecule has 0 aromatic rings. The molecule has 1 aliphatic heterocycles. The third kappa shape index (κ3) is 0.877. The molecule has 0 spiro atoms. The van der Waals surface area contributed by atoms with Crippen molar-refractivity contribution in [3.63, 3.8) is 0 Å². The van der Waals surface area contributed by atoms with E-state index in [1.807, 2.05) is 0 Å². The summed E-state index contributed by atoms with van der Waals surface area (Å²) in [5, 5.41) is 0. The predicted octanol–water partition coefficient (Wildman–Crippen LogP) is -0.435. The number of amides is 2. The molecule has 54 valence electrons. The van der Waals surface area contributed by atoms with Crippen LogP contribution < -0.4 is 5.73 Å². The number of carbonyl (C=O) groups is 2. The lowest BCUT2D eigenvalue weighted by molar-refractivity contribution is -0.135. The van der Waals surface area contributed by atoms with Gasteiger partial charge in [-0.3, -0.25) is 9.59 Å². The summed E-state index contributed by atoms with van der Waals surface area (Å²) in [6.45, 7) is 3.30. The maximum atomic E-state index is 10.8. The van der Waals surface area contributed by atoms with Gasteiger partial charge in [-0.15, -0.1) is 0 Å². The Balaban J connectivity index is 2.82. The summed E-state index contributed by atoms with van der Waals surface area (Å²) >= 11 is 0. The van der Waals surface area contributed by atoms with E-state index in [-0.39, 0.29) is 30.5 Å². The molecule has 2 N–H and O–H groups in total. The summed E-state index contributed by atoms with van der Waals surface area (Å²) in [4.78, 5) is 22.5. The fourth-order valence-corrected chi connectivity index (χ4v) is 0.897. The van der Waals surface area contributed by atoms with Crippen molar-refractivity contribution in [3.8, 4) is 0 Å². The van der Waals surface area contributed by atoms with Crippen molar-refractivity contribution in [2.24, 2.45) is 5.73 Å². The second-order valence-electron chi connectivity index (χ2n) is 2.11. The molecule has 1 fully saturated rings. The number of imide groups is 1. The topological polar surface area (TPSA) is 63.4 Å². The molecule has 0 bridgehead atoms. The zero-order valence-electron chi connectivity index (χ0n) is 5.46. The fourth-order valence-electron chi connectivity index (χ4n) is 0.897. The first-order chi connectivity index (χ1) is 4.63. The Labute approximate surface area is 58.3 Å². The first-order valence-electron chi connectivity index (χ1n) is 2.93. The third-order valence-corrected chi connectivity index (χ3v) is 1.34. The zero-order chi connectivity index (χ0) is 7.72. The quantitative estimate of drug-likeness (QED) is 0.502. The van der Waals surface area contributed by atoms with Crippen LogP contribution in [0.2, 0.25) is 0 Å². The van der Waals surface area contributed by atoms with E-state index in [2.05, 4.69) is 6.58 Å². The molecule has 0 aromatic carbocycles. The lowest BCUT2D eigenvalue weighted by Gasteiger charge is -2.10. The molecule has 1 saturated heterocycles. The lowest BCUT2D eigenvalue weighted by Crippen LogP contribution is -2.31. The van der Waals surface area contributed by atoms with Crippen molar-refractivity contribution in [1.82, 2.24) is 4.90 Å². The van der Waals surface area contributed by atoms with Gasteiger partial charge < -0.3 is 5.73 Å². The van der Waals surface area contributed by atoms with Crippen LogP contribution in [0.5, 0.6) is 0 Å². The van der Waals surface area contributed by atoms with Gasteiger partial charge in [0.1, 0.15) is 5.82 Å². The summed E-state index contributed by atoms with van der Waals surface area (Å²) in [5.74, 6) is -0.484. The Morgan fingerprint density at radius 3 is 2.00 bits per heavy atom. The molecule has 1 heterocycles. The second-order valence-corrected chi connectivity index (χ2v) is 2.11. The van der Waals surface area contributed by atoms with Crippen molar-refractivity contribution < 1.29 is 9.59 Å². The minimum absolute atomic E-state index is 0.0208. The highest BCUT2D eigenvalue weighted by molar-refractivity contribution is 6.03. The van der Waals surface area contributed by atoms with Crippen molar-refractivity contribution in [2.75, 3.05) is 0 Å². The third-order valence-electron chi connectivity index (χ3n) is 1.34. The molecular formula is C6H8N2O2. The summed E-state index contributed by atoms with van der Waals surface area (Å²) in [6, 6.07) is 0. The summed E-state index contributed by atoms with van der Waals surface area (Å²) in [7, 11) is 0. The van der Waals surface area contributed by atoms with Gasteiger partial charge in [-0.05, 0) is 0 Å². The van der Waals surface area contributed by atoms with Gasteiger partial charge in [0.2, 0.25) is 11.8 Å². The van der Waals surface area contributed by atoms with Gasteiger partial charge in [0, 0.05) is 12.8 Å². The number of likely N-dealkylation sites (tertiary alicyclic amines) is 1. The van der Waals surface area contributed by atoms with Gasteiger partial charge >= 0.3 is 0 Å². The lowest BCUT2D eigenvalue weighted by atomic mass is 10.4. The van der Waals surface area contributed by atoms with E-state index < -0.39 is 0 Å². The molecule has 0 aliphatic carbocycles. The van der Waals surface area contributed by atoms with Gasteiger partial charge in [0.05, 0.1) is 0 Å². The summed E-state index contributed by atoms with van der Waals surface area (Å²) in [6.07, 6.45) is 0.518. The highest BCUT2D eigenvalue weighted by atomic mass is 16.2. The van der Waals surface area contributed by atoms with Gasteiger partial charge in [0.15, 0.2) is 0 Å². The molecule has 0 saturated carbocycles. The standard InChI is InChI=1S/C6H8N2O2/c1-4(7)8-5(9)2-3-6(8)10/h1-3,7H2. The first kappa shape index (κ1) is 6.80. The molecule has 0 radical (unpaired) electrons. The van der Waals surface area contributed by atoms with Crippen molar-refractivity contribution in [2.45, 2.75) is 12.8 Å². The Morgan fingerprint density at radius 1 is 1.40 bits per heavy atom. The van der Waals surface area contributed by atoms with Gasteiger partial charge in [0.25, 0.3) is 0 Å². The average molecular weight is 140 g/mol. The minimum atomic E-state index is -0.252. The number of nitrogens with zero attached hydrogens (tertiary/aromatic N) is 1. The highest BCUT2D eigenvalue weighted by Crippen LogP contribution is 2.13. The number of hydrogen-bond donors (Lipinski definition) is 1. The van der Waals surface area contributed by atoms with E-state index in [9.17, 15) is 9.59 Å². The smallest absolute Gasteiger partial charge is 0.235 e. The number of nitrogens with two attached hydrogens (primary N) is 1. The van der Waals surface area contributed by atoms with E-state index in [0.717, 1.165) is 4.90 Å². The first-order valence-corrected chi connectivity index (χ1v) is 2.93. The van der Waals surface area contributed by atoms with Crippen LogP contribution in [0.25, 0.3) is 0 Å². The van der Waals surface area contributed by atoms with E-state index in [1.165, 1.54) is 0 Å². The summed E-state index contributed by atoms with van der Waals surface area (Å²) in [5.41, 5.74) is 5.17. The largest absolute Gasteiger partial charge is 0.385 e. The molecule has 0 aromatic heterocycles. The van der Waals surface area contributed by atoms with E-state index in [1.54, 1.807) is 0 Å². The maximum Gasteiger partial charge on any atom is 0.235 e. The van der Waals surface area contributed by atoms with Gasteiger partial charge in [-0.1, -0.05) is 6.58 Å². The van der Waals surface area contributed by atoms with E-state index >= 15 is 0 Å². The Hall–Kier alpha value is -1.32. The minimum Gasteiger partial charge on any atom is -0.385 e. The van der Waals surface area contributed by atoms with Crippen molar-refractivity contribution in [1.29, 1.82) is 0 Å². The number of hydrogen-bond acceptors (Lipinski definition) is 3. The fraction of sp³-hybridized carbons (Fsp3) is 0.333. The zero-order valence-corrected chi connectivity index (χ0v) is 5.46. The molecule has 0 unspecified atom stereocenters. The van der Waals surface area contributed by atoms with Crippen LogP contribution >= 0.6 is 0 Å². The van der Waals surface area contributed by atoms with Crippen LogP contribution in [-0.2, 0) is 9.59 Å². The summed E-state index contributed by atoms with van der Waals surface area (Å²) < 4.78 is 0. The molecule has 2 amide bonds. The van der Waals surface area contributed by atoms with E-state index in [4.69, 9.17) is 5.73 Å². The van der Waals surface area contributed by atoms with Crippen molar-refractivity contribution in [3.05, 3.63) is 12.4 Å².